The van der Waals surface area contributed by atoms with E-state index in [4.69, 9.17) is 5.73 Å². The molecule has 0 fully saturated rings. The molecule has 22 heavy (non-hydrogen) atoms. The standard InChI is InChI=1S/C14H20N4O4/c1-4-17(8-13(19)16-9(2)3)14(20)10-5-6-11(15)12(7-10)18(21)22/h5-7,9H,4,8,15H2,1-3H3,(H,16,19). The van der Waals surface area contributed by atoms with E-state index >= 15 is 0 Å². The predicted molar refractivity (Wildman–Crippen MR) is 82.4 cm³/mol. The number of nitrogens with zero attached hydrogens (tertiary/aromatic N) is 2. The molecular formula is C14H20N4O4. The lowest BCUT2D eigenvalue weighted by molar-refractivity contribution is -0.383. The van der Waals surface area contributed by atoms with Crippen LogP contribution in [-0.2, 0) is 4.79 Å². The van der Waals surface area contributed by atoms with E-state index in [0.29, 0.717) is 6.54 Å². The molecule has 0 aliphatic carbocycles. The van der Waals surface area contributed by atoms with E-state index in [1.54, 1.807) is 6.92 Å². The second-order valence-corrected chi connectivity index (χ2v) is 5.07. The van der Waals surface area contributed by atoms with E-state index in [0.717, 1.165) is 6.07 Å². The Bertz CT molecular complexity index is 586. The molecule has 1 rings (SSSR count). The number of carbonyl (C=O) groups is 2. The fourth-order valence-corrected chi connectivity index (χ4v) is 1.89. The Balaban J connectivity index is 2.95. The number of nitro groups is 1. The summed E-state index contributed by atoms with van der Waals surface area (Å²) >= 11 is 0. The number of anilines is 1. The molecule has 120 valence electrons. The van der Waals surface area contributed by atoms with Gasteiger partial charge < -0.3 is 16.0 Å². The summed E-state index contributed by atoms with van der Waals surface area (Å²) < 4.78 is 0. The summed E-state index contributed by atoms with van der Waals surface area (Å²) in [6, 6.07) is 3.82. The first-order chi connectivity index (χ1) is 10.3. The van der Waals surface area contributed by atoms with Crippen LogP contribution in [-0.4, -0.2) is 40.8 Å². The largest absolute Gasteiger partial charge is 0.393 e. The van der Waals surface area contributed by atoms with Crippen LogP contribution in [0.3, 0.4) is 0 Å². The number of carbonyl (C=O) groups excluding carboxylic acids is 2. The van der Waals surface area contributed by atoms with Crippen LogP contribution in [0.4, 0.5) is 11.4 Å². The normalized spacial score (nSPS) is 10.4. The van der Waals surface area contributed by atoms with Crippen molar-refractivity contribution in [3.63, 3.8) is 0 Å². The Morgan fingerprint density at radius 3 is 2.55 bits per heavy atom. The molecule has 0 radical (unpaired) electrons. The third-order valence-electron chi connectivity index (χ3n) is 2.93. The average Bonchev–Trinajstić information content (AvgIpc) is 2.43. The second kappa shape index (κ2) is 7.39. The number of nitrogens with one attached hydrogen (secondary N) is 1. The maximum atomic E-state index is 12.4. The zero-order valence-electron chi connectivity index (χ0n) is 12.8. The first-order valence-electron chi connectivity index (χ1n) is 6.88. The molecule has 0 unspecified atom stereocenters. The number of amides is 2. The SMILES string of the molecule is CCN(CC(=O)NC(C)C)C(=O)c1ccc(N)c([N+](=O)[O-])c1. The summed E-state index contributed by atoms with van der Waals surface area (Å²) in [5.41, 5.74) is 5.29. The Morgan fingerprint density at radius 1 is 1.41 bits per heavy atom. The van der Waals surface area contributed by atoms with Crippen molar-refractivity contribution in [2.75, 3.05) is 18.8 Å². The van der Waals surface area contributed by atoms with E-state index in [2.05, 4.69) is 5.32 Å². The molecule has 0 aromatic heterocycles. The van der Waals surface area contributed by atoms with Gasteiger partial charge in [0, 0.05) is 24.2 Å². The smallest absolute Gasteiger partial charge is 0.292 e. The third kappa shape index (κ3) is 4.44. The Hall–Kier alpha value is -2.64. The summed E-state index contributed by atoms with van der Waals surface area (Å²) in [4.78, 5) is 35.7. The molecule has 0 bridgehead atoms. The van der Waals surface area contributed by atoms with Gasteiger partial charge in [0.25, 0.3) is 11.6 Å². The van der Waals surface area contributed by atoms with Crippen molar-refractivity contribution in [3.05, 3.63) is 33.9 Å². The van der Waals surface area contributed by atoms with Crippen LogP contribution >= 0.6 is 0 Å². The first-order valence-corrected chi connectivity index (χ1v) is 6.88. The predicted octanol–water partition coefficient (Wildman–Crippen LogP) is 1.16. The van der Waals surface area contributed by atoms with E-state index < -0.39 is 10.8 Å². The van der Waals surface area contributed by atoms with Gasteiger partial charge in [-0.1, -0.05) is 0 Å². The molecule has 8 heteroatoms. The van der Waals surface area contributed by atoms with E-state index in [9.17, 15) is 19.7 Å². The maximum absolute atomic E-state index is 12.4. The lowest BCUT2D eigenvalue weighted by Gasteiger charge is -2.21. The van der Waals surface area contributed by atoms with Crippen LogP contribution < -0.4 is 11.1 Å². The van der Waals surface area contributed by atoms with Gasteiger partial charge in [-0.25, -0.2) is 0 Å². The highest BCUT2D eigenvalue weighted by molar-refractivity contribution is 5.97. The quantitative estimate of drug-likeness (QED) is 0.464. The number of hydrogen-bond acceptors (Lipinski definition) is 5. The van der Waals surface area contributed by atoms with Crippen LogP contribution in [0.5, 0.6) is 0 Å². The van der Waals surface area contributed by atoms with Crippen LogP contribution in [0, 0.1) is 10.1 Å². The number of nitro benzene ring substituents is 1. The van der Waals surface area contributed by atoms with Crippen LogP contribution in [0.25, 0.3) is 0 Å². The van der Waals surface area contributed by atoms with Crippen molar-refractivity contribution >= 4 is 23.2 Å². The average molecular weight is 308 g/mol. The summed E-state index contributed by atoms with van der Waals surface area (Å²) in [5, 5.41) is 13.6. The van der Waals surface area contributed by atoms with Gasteiger partial charge in [-0.05, 0) is 32.9 Å². The van der Waals surface area contributed by atoms with Crippen LogP contribution in [0.15, 0.2) is 18.2 Å². The molecule has 0 spiro atoms. The van der Waals surface area contributed by atoms with Gasteiger partial charge in [-0.2, -0.15) is 0 Å². The monoisotopic (exact) mass is 308 g/mol. The molecule has 1 aromatic rings. The number of rotatable bonds is 6. The van der Waals surface area contributed by atoms with Crippen LogP contribution in [0.1, 0.15) is 31.1 Å². The van der Waals surface area contributed by atoms with Crippen LogP contribution in [0.2, 0.25) is 0 Å². The number of benzene rings is 1. The Kier molecular flexibility index (Phi) is 5.85. The fourth-order valence-electron chi connectivity index (χ4n) is 1.89. The summed E-state index contributed by atoms with van der Waals surface area (Å²) in [6.45, 7) is 5.57. The lowest BCUT2D eigenvalue weighted by Crippen LogP contribution is -2.42. The summed E-state index contributed by atoms with van der Waals surface area (Å²) in [5.74, 6) is -0.736. The second-order valence-electron chi connectivity index (χ2n) is 5.07. The molecule has 0 aliphatic rings. The van der Waals surface area contributed by atoms with Crippen molar-refractivity contribution in [1.29, 1.82) is 0 Å². The number of hydrogen-bond donors (Lipinski definition) is 2. The topological polar surface area (TPSA) is 119 Å². The zero-order chi connectivity index (χ0) is 16.9. The van der Waals surface area contributed by atoms with Gasteiger partial charge in [0.05, 0.1) is 11.5 Å². The minimum absolute atomic E-state index is 0.0119. The van der Waals surface area contributed by atoms with Crippen molar-refractivity contribution in [2.45, 2.75) is 26.8 Å². The number of likely N-dealkylation sites (N-methyl/N-ethyl adjacent to an activating group) is 1. The molecule has 0 saturated heterocycles. The summed E-state index contributed by atoms with van der Waals surface area (Å²) in [6.07, 6.45) is 0. The van der Waals surface area contributed by atoms with E-state index in [1.807, 2.05) is 13.8 Å². The molecule has 3 N–H and O–H groups in total. The number of nitrogen functional groups attached to an aromatic ring is 1. The molecule has 0 heterocycles. The third-order valence-corrected chi connectivity index (χ3v) is 2.93. The highest BCUT2D eigenvalue weighted by Gasteiger charge is 2.21. The molecular weight excluding hydrogens is 288 g/mol. The first kappa shape index (κ1) is 17.4. The van der Waals surface area contributed by atoms with E-state index in [-0.39, 0.29) is 35.4 Å². The van der Waals surface area contributed by atoms with Crippen molar-refractivity contribution < 1.29 is 14.5 Å². The van der Waals surface area contributed by atoms with Gasteiger partial charge in [-0.15, -0.1) is 0 Å². The Labute approximate surface area is 128 Å². The van der Waals surface area contributed by atoms with Gasteiger partial charge in [0.15, 0.2) is 0 Å². The number of nitrogens with two attached hydrogens (primary N) is 1. The molecule has 0 atom stereocenters. The lowest BCUT2D eigenvalue weighted by atomic mass is 10.1. The Morgan fingerprint density at radius 2 is 2.05 bits per heavy atom. The van der Waals surface area contributed by atoms with Gasteiger partial charge in [0.2, 0.25) is 5.91 Å². The maximum Gasteiger partial charge on any atom is 0.292 e. The molecule has 1 aromatic carbocycles. The molecule has 0 aliphatic heterocycles. The molecule has 2 amide bonds. The van der Waals surface area contributed by atoms with Gasteiger partial charge in [-0.3, -0.25) is 19.7 Å². The minimum Gasteiger partial charge on any atom is -0.393 e. The van der Waals surface area contributed by atoms with Crippen molar-refractivity contribution in [1.82, 2.24) is 10.2 Å². The van der Waals surface area contributed by atoms with E-state index in [1.165, 1.54) is 17.0 Å². The highest BCUT2D eigenvalue weighted by atomic mass is 16.6. The van der Waals surface area contributed by atoms with Gasteiger partial charge >= 0.3 is 0 Å². The molecule has 0 saturated carbocycles. The molecule has 8 nitrogen and oxygen atoms in total. The van der Waals surface area contributed by atoms with Gasteiger partial charge in [0.1, 0.15) is 5.69 Å². The fraction of sp³-hybridized carbons (Fsp3) is 0.429. The zero-order valence-corrected chi connectivity index (χ0v) is 12.8. The van der Waals surface area contributed by atoms with Crippen molar-refractivity contribution in [3.8, 4) is 0 Å². The highest BCUT2D eigenvalue weighted by Crippen LogP contribution is 2.23. The summed E-state index contributed by atoms with van der Waals surface area (Å²) in [7, 11) is 0. The minimum atomic E-state index is -0.645. The van der Waals surface area contributed by atoms with Crippen molar-refractivity contribution in [2.24, 2.45) is 0 Å².